The molecule has 0 amide bonds. The maximum Gasteiger partial charge on any atom is 0.188 e. The lowest BCUT2D eigenvalue weighted by Crippen LogP contribution is -2.57. The smallest absolute Gasteiger partial charge is 0.188 e. The summed E-state index contributed by atoms with van der Waals surface area (Å²) in [4.78, 5) is 2.19. The molecule has 12 atom stereocenters. The molecule has 104 valence electrons. The average Bonchev–Trinajstić information content (AvgIpc) is 2.99. The van der Waals surface area contributed by atoms with E-state index in [-0.39, 0.29) is 0 Å². The normalized spacial score (nSPS) is 71.7. The Morgan fingerprint density at radius 3 is 1.70 bits per heavy atom. The molecule has 4 bridgehead atoms. The van der Waals surface area contributed by atoms with Gasteiger partial charge in [-0.2, -0.15) is 0 Å². The number of guanidine groups is 1. The Bertz CT molecular complexity index is 553. The van der Waals surface area contributed by atoms with E-state index < -0.39 is 0 Å². The van der Waals surface area contributed by atoms with E-state index in [9.17, 15) is 0 Å². The van der Waals surface area contributed by atoms with Crippen molar-refractivity contribution in [2.75, 3.05) is 13.1 Å². The van der Waals surface area contributed by atoms with E-state index in [0.717, 1.165) is 84.1 Å². The molecule has 0 radical (unpaired) electrons. The fourth-order valence-corrected chi connectivity index (χ4v) is 9.28. The predicted octanol–water partition coefficient (Wildman–Crippen LogP) is 1.23. The van der Waals surface area contributed by atoms with Gasteiger partial charge in [-0.15, -0.1) is 0 Å². The second-order valence-electron chi connectivity index (χ2n) is 8.78. The largest absolute Gasteiger partial charge is 0.370 e. The van der Waals surface area contributed by atoms with Crippen LogP contribution in [0.25, 0.3) is 0 Å². The molecule has 5 saturated carbocycles. The van der Waals surface area contributed by atoms with Crippen LogP contribution in [0.1, 0.15) is 0 Å². The summed E-state index contributed by atoms with van der Waals surface area (Å²) >= 11 is 0. The maximum absolute atomic E-state index is 7.81. The van der Waals surface area contributed by atoms with Crippen molar-refractivity contribution in [2.45, 2.75) is 0 Å². The molecule has 20 heavy (non-hydrogen) atoms. The molecule has 3 N–H and O–H groups in total. The number of allylic oxidation sites excluding steroid dienone is 2. The van der Waals surface area contributed by atoms with Crippen molar-refractivity contribution in [1.82, 2.24) is 4.90 Å². The molecule has 1 aliphatic heterocycles. The lowest BCUT2D eigenvalue weighted by molar-refractivity contribution is -0.125. The molecule has 0 aromatic heterocycles. The first-order valence-electron chi connectivity index (χ1n) is 8.54. The number of nitrogens with two attached hydrogens (primary N) is 1. The van der Waals surface area contributed by atoms with Gasteiger partial charge in [0.1, 0.15) is 0 Å². The van der Waals surface area contributed by atoms with Gasteiger partial charge < -0.3 is 10.6 Å². The third kappa shape index (κ3) is 0.681. The highest BCUT2D eigenvalue weighted by Crippen LogP contribution is 2.87. The second kappa shape index (κ2) is 2.57. The minimum Gasteiger partial charge on any atom is -0.370 e. The molecular weight excluding hydrogens is 246 g/mol. The monoisotopic (exact) mass is 267 g/mol. The van der Waals surface area contributed by atoms with E-state index in [1.807, 2.05) is 0 Å². The topological polar surface area (TPSA) is 53.1 Å². The SMILES string of the molecule is N=C(N)N1CC2C(C1)C1C3C4C=CC5C3C2C2C5C4C12. The highest BCUT2D eigenvalue weighted by atomic mass is 15.3. The minimum atomic E-state index is 0.326. The number of rotatable bonds is 0. The zero-order chi connectivity index (χ0) is 12.9. The number of hydrogen-bond acceptors (Lipinski definition) is 1. The first kappa shape index (κ1) is 9.86. The average molecular weight is 267 g/mol. The molecule has 7 aliphatic carbocycles. The van der Waals surface area contributed by atoms with Crippen LogP contribution in [0, 0.1) is 76.4 Å². The lowest BCUT2D eigenvalue weighted by Gasteiger charge is -2.59. The summed E-state index contributed by atoms with van der Waals surface area (Å²) in [6.07, 6.45) is 5.24. The standard InChI is InChI=1S/C17H21N3/c18-17(19)20-3-7-8(4-20)14-10-6-2-1-5-9(10)13(7)15-11(5)12(6)16(14)15/h1-2,5-16H,3-4H2,(H3,18,19). The van der Waals surface area contributed by atoms with Gasteiger partial charge in [-0.25, -0.2) is 0 Å². The van der Waals surface area contributed by atoms with Crippen LogP contribution in [-0.2, 0) is 0 Å². The van der Waals surface area contributed by atoms with Crippen molar-refractivity contribution in [3.63, 3.8) is 0 Å². The Morgan fingerprint density at radius 1 is 0.800 bits per heavy atom. The van der Waals surface area contributed by atoms with Gasteiger partial charge in [0, 0.05) is 13.1 Å². The Labute approximate surface area is 119 Å². The van der Waals surface area contributed by atoms with Gasteiger partial charge in [0.05, 0.1) is 0 Å². The van der Waals surface area contributed by atoms with E-state index in [1.54, 1.807) is 0 Å². The molecule has 1 heterocycles. The maximum atomic E-state index is 7.81. The van der Waals surface area contributed by atoms with Crippen molar-refractivity contribution in [3.05, 3.63) is 12.2 Å². The molecule has 12 unspecified atom stereocenters. The van der Waals surface area contributed by atoms with Gasteiger partial charge in [-0.3, -0.25) is 5.41 Å². The van der Waals surface area contributed by atoms with Crippen molar-refractivity contribution in [2.24, 2.45) is 76.7 Å². The van der Waals surface area contributed by atoms with Crippen molar-refractivity contribution >= 4 is 5.96 Å². The van der Waals surface area contributed by atoms with Crippen LogP contribution in [0.15, 0.2) is 12.2 Å². The van der Waals surface area contributed by atoms with Crippen molar-refractivity contribution in [1.29, 1.82) is 5.41 Å². The van der Waals surface area contributed by atoms with Gasteiger partial charge in [0.15, 0.2) is 5.96 Å². The number of likely N-dealkylation sites (tertiary alicyclic amines) is 1. The van der Waals surface area contributed by atoms with Gasteiger partial charge in [0.25, 0.3) is 0 Å². The molecule has 0 aromatic carbocycles. The predicted molar refractivity (Wildman–Crippen MR) is 74.5 cm³/mol. The van der Waals surface area contributed by atoms with Crippen LogP contribution in [0.3, 0.4) is 0 Å². The van der Waals surface area contributed by atoms with Crippen molar-refractivity contribution < 1.29 is 0 Å². The molecule has 3 heteroatoms. The minimum absolute atomic E-state index is 0.326. The van der Waals surface area contributed by atoms with Crippen LogP contribution >= 0.6 is 0 Å². The zero-order valence-electron chi connectivity index (χ0n) is 11.5. The van der Waals surface area contributed by atoms with Crippen LogP contribution < -0.4 is 5.73 Å². The zero-order valence-corrected chi connectivity index (χ0v) is 11.5. The van der Waals surface area contributed by atoms with E-state index in [2.05, 4.69) is 17.1 Å². The Morgan fingerprint density at radius 2 is 1.25 bits per heavy atom. The number of nitrogens with one attached hydrogen (secondary N) is 1. The van der Waals surface area contributed by atoms with Gasteiger partial charge in [0.2, 0.25) is 0 Å². The third-order valence-corrected chi connectivity index (χ3v) is 9.08. The quantitative estimate of drug-likeness (QED) is 0.394. The van der Waals surface area contributed by atoms with E-state index in [0.29, 0.717) is 5.96 Å². The molecule has 3 nitrogen and oxygen atoms in total. The molecule has 6 fully saturated rings. The number of nitrogens with zero attached hydrogens (tertiary/aromatic N) is 1. The third-order valence-electron chi connectivity index (χ3n) is 9.08. The fraction of sp³-hybridized carbons (Fsp3) is 0.824. The molecule has 1 saturated heterocycles. The van der Waals surface area contributed by atoms with Crippen LogP contribution in [0.4, 0.5) is 0 Å². The Hall–Kier alpha value is -0.990. The highest BCUT2D eigenvalue weighted by Gasteiger charge is 2.84. The first-order valence-corrected chi connectivity index (χ1v) is 8.54. The van der Waals surface area contributed by atoms with Gasteiger partial charge in [-0.05, 0) is 71.0 Å². The fourth-order valence-electron chi connectivity index (χ4n) is 9.28. The second-order valence-corrected chi connectivity index (χ2v) is 8.78. The highest BCUT2D eigenvalue weighted by molar-refractivity contribution is 5.75. The van der Waals surface area contributed by atoms with Gasteiger partial charge in [-0.1, -0.05) is 12.2 Å². The number of hydrogen-bond donors (Lipinski definition) is 2. The first-order chi connectivity index (χ1) is 9.77. The summed E-state index contributed by atoms with van der Waals surface area (Å²) < 4.78 is 0. The van der Waals surface area contributed by atoms with E-state index in [4.69, 9.17) is 11.1 Å². The van der Waals surface area contributed by atoms with Crippen LogP contribution in [0.5, 0.6) is 0 Å². The summed E-state index contributed by atoms with van der Waals surface area (Å²) in [7, 11) is 0. The summed E-state index contributed by atoms with van der Waals surface area (Å²) in [6, 6.07) is 0. The Kier molecular flexibility index (Phi) is 1.27. The van der Waals surface area contributed by atoms with Gasteiger partial charge >= 0.3 is 0 Å². The molecular formula is C17H21N3. The van der Waals surface area contributed by atoms with Crippen LogP contribution in [-0.4, -0.2) is 23.9 Å². The molecule has 8 rings (SSSR count). The molecule has 0 aromatic rings. The molecule has 8 aliphatic rings. The Balaban J connectivity index is 1.42. The summed E-state index contributed by atoms with van der Waals surface area (Å²) in [5.41, 5.74) is 5.80. The summed E-state index contributed by atoms with van der Waals surface area (Å²) in [5, 5.41) is 7.81. The summed E-state index contributed by atoms with van der Waals surface area (Å²) in [5.74, 6) is 12.4. The lowest BCUT2D eigenvalue weighted by atomic mass is 9.44. The summed E-state index contributed by atoms with van der Waals surface area (Å²) in [6.45, 7) is 2.21. The van der Waals surface area contributed by atoms with Crippen LogP contribution in [0.2, 0.25) is 0 Å². The molecule has 0 spiro atoms. The van der Waals surface area contributed by atoms with E-state index >= 15 is 0 Å². The van der Waals surface area contributed by atoms with E-state index in [1.165, 1.54) is 0 Å². The van der Waals surface area contributed by atoms with Crippen molar-refractivity contribution in [3.8, 4) is 0 Å².